The highest BCUT2D eigenvalue weighted by atomic mass is 16.1. The maximum atomic E-state index is 12.0. The van der Waals surface area contributed by atoms with Crippen molar-refractivity contribution in [2.24, 2.45) is 0 Å². The van der Waals surface area contributed by atoms with Gasteiger partial charge in [-0.15, -0.1) is 0 Å². The third-order valence-corrected chi connectivity index (χ3v) is 3.20. The van der Waals surface area contributed by atoms with Gasteiger partial charge in [-0.05, 0) is 25.1 Å². The van der Waals surface area contributed by atoms with Crippen LogP contribution >= 0.6 is 0 Å². The number of rotatable bonds is 2. The van der Waals surface area contributed by atoms with E-state index in [9.17, 15) is 4.79 Å². The highest BCUT2D eigenvalue weighted by Gasteiger charge is 2.02. The molecule has 19 heavy (non-hydrogen) atoms. The summed E-state index contributed by atoms with van der Waals surface area (Å²) in [5.41, 5.74) is 2.65. The standard InChI is InChI=1S/C16H14N2O/c1-12-5-4-10-18(16(12)19)11-14-9-8-13-6-2-3-7-15(13)17-14/h2-10H,11H2,1H3. The Bertz CT molecular complexity index is 790. The van der Waals surface area contributed by atoms with Crippen LogP contribution in [0.15, 0.2) is 59.5 Å². The fourth-order valence-electron chi connectivity index (χ4n) is 2.15. The van der Waals surface area contributed by atoms with Crippen molar-refractivity contribution in [3.8, 4) is 0 Å². The molecular formula is C16H14N2O. The van der Waals surface area contributed by atoms with Gasteiger partial charge in [0.05, 0.1) is 17.8 Å². The first-order valence-corrected chi connectivity index (χ1v) is 6.25. The molecule has 0 fully saturated rings. The van der Waals surface area contributed by atoms with E-state index in [2.05, 4.69) is 4.98 Å². The zero-order valence-electron chi connectivity index (χ0n) is 10.7. The topological polar surface area (TPSA) is 34.9 Å². The molecule has 0 radical (unpaired) electrons. The van der Waals surface area contributed by atoms with E-state index >= 15 is 0 Å². The van der Waals surface area contributed by atoms with Crippen molar-refractivity contribution in [2.45, 2.75) is 13.5 Å². The summed E-state index contributed by atoms with van der Waals surface area (Å²) in [4.78, 5) is 16.6. The Morgan fingerprint density at radius 1 is 1.05 bits per heavy atom. The summed E-state index contributed by atoms with van der Waals surface area (Å²) in [7, 11) is 0. The molecule has 3 nitrogen and oxygen atoms in total. The molecule has 2 aromatic heterocycles. The quantitative estimate of drug-likeness (QED) is 0.701. The van der Waals surface area contributed by atoms with Crippen LogP contribution in [0.5, 0.6) is 0 Å². The lowest BCUT2D eigenvalue weighted by Crippen LogP contribution is -2.22. The van der Waals surface area contributed by atoms with E-state index in [0.717, 1.165) is 22.2 Å². The Morgan fingerprint density at radius 2 is 1.89 bits per heavy atom. The van der Waals surface area contributed by atoms with Gasteiger partial charge in [0.1, 0.15) is 0 Å². The number of aryl methyl sites for hydroxylation is 1. The van der Waals surface area contributed by atoms with Gasteiger partial charge >= 0.3 is 0 Å². The van der Waals surface area contributed by atoms with E-state index in [4.69, 9.17) is 0 Å². The Kier molecular flexibility index (Phi) is 2.88. The van der Waals surface area contributed by atoms with Crippen LogP contribution in [0.3, 0.4) is 0 Å². The molecule has 0 spiro atoms. The van der Waals surface area contributed by atoms with Gasteiger partial charge < -0.3 is 4.57 Å². The normalized spacial score (nSPS) is 10.8. The number of hydrogen-bond donors (Lipinski definition) is 0. The summed E-state index contributed by atoms with van der Waals surface area (Å²) in [5, 5.41) is 1.11. The molecular weight excluding hydrogens is 236 g/mol. The van der Waals surface area contributed by atoms with Crippen molar-refractivity contribution < 1.29 is 0 Å². The molecule has 0 unspecified atom stereocenters. The molecule has 3 rings (SSSR count). The fraction of sp³-hybridized carbons (Fsp3) is 0.125. The molecule has 0 saturated heterocycles. The van der Waals surface area contributed by atoms with Gasteiger partial charge in [0.2, 0.25) is 0 Å². The first-order chi connectivity index (χ1) is 9.24. The lowest BCUT2D eigenvalue weighted by molar-refractivity contribution is 0.736. The van der Waals surface area contributed by atoms with Crippen LogP contribution in [0.2, 0.25) is 0 Å². The van der Waals surface area contributed by atoms with Gasteiger partial charge in [0, 0.05) is 17.1 Å². The first-order valence-electron chi connectivity index (χ1n) is 6.25. The molecule has 0 saturated carbocycles. The van der Waals surface area contributed by atoms with Crippen LogP contribution in [0.4, 0.5) is 0 Å². The Balaban J connectivity index is 2.01. The van der Waals surface area contributed by atoms with Crippen LogP contribution in [-0.4, -0.2) is 9.55 Å². The minimum atomic E-state index is 0.0393. The molecule has 1 aromatic carbocycles. The zero-order chi connectivity index (χ0) is 13.2. The molecule has 0 amide bonds. The number of para-hydroxylation sites is 1. The smallest absolute Gasteiger partial charge is 0.253 e. The number of nitrogens with zero attached hydrogens (tertiary/aromatic N) is 2. The second-order valence-electron chi connectivity index (χ2n) is 4.62. The number of benzene rings is 1. The first kappa shape index (κ1) is 11.7. The van der Waals surface area contributed by atoms with Gasteiger partial charge in [-0.1, -0.05) is 30.3 Å². The lowest BCUT2D eigenvalue weighted by Gasteiger charge is -2.07. The van der Waals surface area contributed by atoms with Crippen molar-refractivity contribution in [1.82, 2.24) is 9.55 Å². The predicted molar refractivity (Wildman–Crippen MR) is 76.3 cm³/mol. The van der Waals surface area contributed by atoms with Gasteiger partial charge in [-0.3, -0.25) is 9.78 Å². The van der Waals surface area contributed by atoms with Crippen LogP contribution in [0, 0.1) is 6.92 Å². The predicted octanol–water partition coefficient (Wildman–Crippen LogP) is 2.75. The number of fused-ring (bicyclic) bond motifs is 1. The zero-order valence-corrected chi connectivity index (χ0v) is 10.7. The monoisotopic (exact) mass is 250 g/mol. The Labute approximate surface area is 111 Å². The minimum absolute atomic E-state index is 0.0393. The molecule has 3 aromatic rings. The summed E-state index contributed by atoms with van der Waals surface area (Å²) in [5.74, 6) is 0. The molecule has 0 N–H and O–H groups in total. The molecule has 0 aliphatic carbocycles. The highest BCUT2D eigenvalue weighted by molar-refractivity contribution is 5.78. The molecule has 0 atom stereocenters. The van der Waals surface area contributed by atoms with Crippen LogP contribution in [0.25, 0.3) is 10.9 Å². The molecule has 2 heterocycles. The minimum Gasteiger partial charge on any atom is -0.309 e. The summed E-state index contributed by atoms with van der Waals surface area (Å²) in [6, 6.07) is 15.7. The Morgan fingerprint density at radius 3 is 2.79 bits per heavy atom. The van der Waals surface area contributed by atoms with Gasteiger partial charge in [0.15, 0.2) is 0 Å². The molecule has 0 bridgehead atoms. The van der Waals surface area contributed by atoms with E-state index in [-0.39, 0.29) is 5.56 Å². The SMILES string of the molecule is Cc1cccn(Cc2ccc3ccccc3n2)c1=O. The van der Waals surface area contributed by atoms with Crippen molar-refractivity contribution >= 4 is 10.9 Å². The largest absolute Gasteiger partial charge is 0.309 e. The van der Waals surface area contributed by atoms with E-state index in [0.29, 0.717) is 6.54 Å². The average Bonchev–Trinajstić information content (AvgIpc) is 2.44. The fourth-order valence-corrected chi connectivity index (χ4v) is 2.15. The molecule has 94 valence electrons. The van der Waals surface area contributed by atoms with Crippen molar-refractivity contribution in [1.29, 1.82) is 0 Å². The summed E-state index contributed by atoms with van der Waals surface area (Å²) in [6.07, 6.45) is 1.80. The number of hydrogen-bond acceptors (Lipinski definition) is 2. The highest BCUT2D eigenvalue weighted by Crippen LogP contribution is 2.12. The summed E-state index contributed by atoms with van der Waals surface area (Å²) >= 11 is 0. The van der Waals surface area contributed by atoms with Crippen molar-refractivity contribution in [2.75, 3.05) is 0 Å². The van der Waals surface area contributed by atoms with E-state index in [1.807, 2.05) is 55.5 Å². The third kappa shape index (κ3) is 2.27. The summed E-state index contributed by atoms with van der Waals surface area (Å²) < 4.78 is 1.69. The third-order valence-electron chi connectivity index (χ3n) is 3.20. The van der Waals surface area contributed by atoms with Gasteiger partial charge in [-0.25, -0.2) is 0 Å². The Hall–Kier alpha value is -2.42. The lowest BCUT2D eigenvalue weighted by atomic mass is 10.2. The number of aromatic nitrogens is 2. The van der Waals surface area contributed by atoms with E-state index in [1.165, 1.54) is 0 Å². The van der Waals surface area contributed by atoms with Crippen molar-refractivity contribution in [3.05, 3.63) is 76.3 Å². The average molecular weight is 250 g/mol. The van der Waals surface area contributed by atoms with Crippen LogP contribution < -0.4 is 5.56 Å². The van der Waals surface area contributed by atoms with Gasteiger partial charge in [0.25, 0.3) is 5.56 Å². The van der Waals surface area contributed by atoms with Gasteiger partial charge in [-0.2, -0.15) is 0 Å². The second-order valence-corrected chi connectivity index (χ2v) is 4.62. The maximum Gasteiger partial charge on any atom is 0.253 e. The maximum absolute atomic E-state index is 12.0. The molecule has 3 heteroatoms. The van der Waals surface area contributed by atoms with E-state index < -0.39 is 0 Å². The van der Waals surface area contributed by atoms with Crippen LogP contribution in [-0.2, 0) is 6.54 Å². The molecule has 0 aliphatic heterocycles. The van der Waals surface area contributed by atoms with Crippen LogP contribution in [0.1, 0.15) is 11.3 Å². The summed E-state index contributed by atoms with van der Waals surface area (Å²) in [6.45, 7) is 2.33. The number of pyridine rings is 2. The van der Waals surface area contributed by atoms with Crippen molar-refractivity contribution in [3.63, 3.8) is 0 Å². The molecule has 0 aliphatic rings. The second kappa shape index (κ2) is 4.69. The van der Waals surface area contributed by atoms with E-state index in [1.54, 1.807) is 10.8 Å².